The van der Waals surface area contributed by atoms with Crippen LogP contribution in [0.15, 0.2) is 61.4 Å². The van der Waals surface area contributed by atoms with E-state index in [0.29, 0.717) is 41.4 Å². The Hall–Kier alpha value is -4.63. The predicted molar refractivity (Wildman–Crippen MR) is 184 cm³/mol. The second-order valence-corrected chi connectivity index (χ2v) is 12.3. The van der Waals surface area contributed by atoms with Crippen molar-refractivity contribution in [2.75, 3.05) is 60.5 Å². The minimum Gasteiger partial charge on any atom is -0.494 e. The molecule has 3 fully saturated rings. The van der Waals surface area contributed by atoms with E-state index in [1.165, 1.54) is 12.4 Å². The summed E-state index contributed by atoms with van der Waals surface area (Å²) >= 11 is 0. The van der Waals surface area contributed by atoms with Crippen LogP contribution in [0.25, 0.3) is 0 Å². The lowest BCUT2D eigenvalue weighted by atomic mass is 10.00. The molecule has 4 heterocycles. The van der Waals surface area contributed by atoms with Crippen molar-refractivity contribution in [1.82, 2.24) is 14.9 Å². The van der Waals surface area contributed by atoms with Crippen molar-refractivity contribution in [2.45, 2.75) is 57.4 Å². The minimum absolute atomic E-state index is 0.0419. The summed E-state index contributed by atoms with van der Waals surface area (Å²) in [5.41, 5.74) is 4.09. The summed E-state index contributed by atoms with van der Waals surface area (Å²) in [6.45, 7) is 12.1. The van der Waals surface area contributed by atoms with Gasteiger partial charge >= 0.3 is 0 Å². The van der Waals surface area contributed by atoms with Crippen molar-refractivity contribution in [2.24, 2.45) is 0 Å². The Bertz CT molecular complexity index is 1620. The van der Waals surface area contributed by atoms with Gasteiger partial charge in [0.2, 0.25) is 5.91 Å². The maximum atomic E-state index is 12.6. The molecule has 0 aliphatic carbocycles. The number of hydrogen-bond donors (Lipinski definition) is 2. The predicted octanol–water partition coefficient (Wildman–Crippen LogP) is 5.30. The molecule has 0 bridgehead atoms. The number of morpholine rings is 1. The molecule has 11 nitrogen and oxygen atoms in total. The van der Waals surface area contributed by atoms with Gasteiger partial charge in [-0.05, 0) is 56.5 Å². The largest absolute Gasteiger partial charge is 0.494 e. The van der Waals surface area contributed by atoms with E-state index in [9.17, 15) is 4.79 Å². The first-order valence-corrected chi connectivity index (χ1v) is 16.2. The minimum atomic E-state index is -0.288. The fraction of sp³-hybridized carbons (Fsp3) is 0.417. The molecule has 1 aromatic heterocycles. The SMILES string of the molecule is C#Cc1cccc(C2CCON2c2cc(Nc3cc(NC(=O)C=C)c(N4CCC(N5C[C@@H](C)O[C@@H](C)C5)CC4)cc3OC)ncn2)c1. The van der Waals surface area contributed by atoms with E-state index in [1.807, 2.05) is 42.5 Å². The Balaban J connectivity index is 1.23. The van der Waals surface area contributed by atoms with E-state index in [2.05, 4.69) is 56.7 Å². The van der Waals surface area contributed by atoms with Crippen LogP contribution in [0.2, 0.25) is 0 Å². The van der Waals surface area contributed by atoms with E-state index < -0.39 is 0 Å². The molecule has 246 valence electrons. The molecule has 0 saturated carbocycles. The molecule has 3 atom stereocenters. The zero-order valence-corrected chi connectivity index (χ0v) is 27.3. The number of anilines is 5. The maximum absolute atomic E-state index is 12.6. The Kier molecular flexibility index (Phi) is 9.92. The van der Waals surface area contributed by atoms with Crippen LogP contribution in [-0.2, 0) is 14.4 Å². The fourth-order valence-electron chi connectivity index (χ4n) is 6.88. The Morgan fingerprint density at radius 1 is 1.09 bits per heavy atom. The summed E-state index contributed by atoms with van der Waals surface area (Å²) < 4.78 is 11.8. The summed E-state index contributed by atoms with van der Waals surface area (Å²) in [6, 6.07) is 14.1. The van der Waals surface area contributed by atoms with E-state index in [1.54, 1.807) is 12.2 Å². The van der Waals surface area contributed by atoms with Gasteiger partial charge in [-0.25, -0.2) is 15.0 Å². The van der Waals surface area contributed by atoms with Gasteiger partial charge in [0, 0.05) is 56.3 Å². The van der Waals surface area contributed by atoms with Gasteiger partial charge in [-0.15, -0.1) is 6.42 Å². The van der Waals surface area contributed by atoms with Gasteiger partial charge in [0.25, 0.3) is 0 Å². The van der Waals surface area contributed by atoms with Gasteiger partial charge in [0.1, 0.15) is 17.9 Å². The van der Waals surface area contributed by atoms with Gasteiger partial charge in [-0.1, -0.05) is 24.6 Å². The number of aromatic nitrogens is 2. The van der Waals surface area contributed by atoms with Crippen LogP contribution in [0.5, 0.6) is 5.75 Å². The molecule has 0 radical (unpaired) electrons. The number of benzene rings is 2. The molecule has 1 unspecified atom stereocenters. The van der Waals surface area contributed by atoms with Crippen LogP contribution in [0.4, 0.5) is 28.7 Å². The highest BCUT2D eigenvalue weighted by atomic mass is 16.7. The number of terminal acetylenes is 1. The summed E-state index contributed by atoms with van der Waals surface area (Å²) in [5, 5.41) is 8.20. The molecule has 3 aliphatic heterocycles. The monoisotopic (exact) mass is 637 g/mol. The molecule has 47 heavy (non-hydrogen) atoms. The van der Waals surface area contributed by atoms with E-state index in [0.717, 1.165) is 62.3 Å². The number of hydroxylamine groups is 1. The molecule has 2 N–H and O–H groups in total. The average Bonchev–Trinajstić information content (AvgIpc) is 3.59. The molecule has 6 rings (SSSR count). The Morgan fingerprint density at radius 3 is 2.60 bits per heavy atom. The maximum Gasteiger partial charge on any atom is 0.247 e. The normalized spacial score (nSPS) is 22.0. The summed E-state index contributed by atoms with van der Waals surface area (Å²) in [5.74, 6) is 4.20. The van der Waals surface area contributed by atoms with Gasteiger partial charge < -0.3 is 25.0 Å². The molecule has 11 heteroatoms. The van der Waals surface area contributed by atoms with Gasteiger partial charge in [0.05, 0.1) is 49.0 Å². The number of carbonyl (C=O) groups is 1. The number of carbonyl (C=O) groups excluding carboxylic acids is 1. The van der Waals surface area contributed by atoms with Crippen LogP contribution in [0.3, 0.4) is 0 Å². The van der Waals surface area contributed by atoms with Crippen molar-refractivity contribution < 1.29 is 19.1 Å². The van der Waals surface area contributed by atoms with Crippen LogP contribution < -0.4 is 25.3 Å². The molecule has 3 aromatic rings. The van der Waals surface area contributed by atoms with E-state index in [4.69, 9.17) is 20.7 Å². The van der Waals surface area contributed by atoms with Crippen LogP contribution in [0.1, 0.15) is 50.3 Å². The number of methoxy groups -OCH3 is 1. The molecule has 1 amide bonds. The van der Waals surface area contributed by atoms with Crippen molar-refractivity contribution in [3.63, 3.8) is 0 Å². The number of rotatable bonds is 9. The quantitative estimate of drug-likeness (QED) is 0.238. The second kappa shape index (κ2) is 14.4. The smallest absolute Gasteiger partial charge is 0.247 e. The first-order valence-electron chi connectivity index (χ1n) is 16.2. The zero-order valence-electron chi connectivity index (χ0n) is 27.3. The van der Waals surface area contributed by atoms with E-state index in [-0.39, 0.29) is 24.2 Å². The number of amides is 1. The average molecular weight is 638 g/mol. The lowest BCUT2D eigenvalue weighted by Crippen LogP contribution is -2.53. The van der Waals surface area contributed by atoms with Crippen molar-refractivity contribution in [3.8, 4) is 18.1 Å². The third-order valence-electron chi connectivity index (χ3n) is 9.01. The van der Waals surface area contributed by atoms with E-state index >= 15 is 0 Å². The number of hydrogen-bond acceptors (Lipinski definition) is 10. The molecule has 0 spiro atoms. The zero-order chi connectivity index (χ0) is 32.9. The fourth-order valence-corrected chi connectivity index (χ4v) is 6.88. The van der Waals surface area contributed by atoms with Crippen LogP contribution >= 0.6 is 0 Å². The van der Waals surface area contributed by atoms with Crippen LogP contribution in [-0.4, -0.2) is 78.9 Å². The number of ether oxygens (including phenoxy) is 2. The topological polar surface area (TPSA) is 104 Å². The van der Waals surface area contributed by atoms with Gasteiger partial charge in [0.15, 0.2) is 5.82 Å². The molecule has 2 aromatic carbocycles. The molecular weight excluding hydrogens is 594 g/mol. The Morgan fingerprint density at radius 2 is 1.87 bits per heavy atom. The number of nitrogens with zero attached hydrogens (tertiary/aromatic N) is 5. The first-order chi connectivity index (χ1) is 22.8. The molecule has 3 saturated heterocycles. The highest BCUT2D eigenvalue weighted by Gasteiger charge is 2.32. The summed E-state index contributed by atoms with van der Waals surface area (Å²) in [4.78, 5) is 32.5. The molecule has 3 aliphatic rings. The van der Waals surface area contributed by atoms with Gasteiger partial charge in [-0.3, -0.25) is 14.5 Å². The van der Waals surface area contributed by atoms with Crippen molar-refractivity contribution >= 4 is 34.6 Å². The second-order valence-electron chi connectivity index (χ2n) is 12.3. The Labute approximate surface area is 276 Å². The van der Waals surface area contributed by atoms with Crippen molar-refractivity contribution in [3.05, 3.63) is 72.6 Å². The van der Waals surface area contributed by atoms with Gasteiger partial charge in [-0.2, -0.15) is 0 Å². The lowest BCUT2D eigenvalue weighted by Gasteiger charge is -2.44. The molecular formula is C36H43N7O4. The highest BCUT2D eigenvalue weighted by molar-refractivity contribution is 6.02. The van der Waals surface area contributed by atoms with Crippen LogP contribution in [0, 0.1) is 12.3 Å². The highest BCUT2D eigenvalue weighted by Crippen LogP contribution is 2.41. The third kappa shape index (κ3) is 7.36. The standard InChI is InChI=1S/C36H43N7O4/c1-6-26-9-8-10-27(17-26)31-13-16-46-43(31)35-20-34(37-23-38-35)39-30-18-29(40-36(44)7-2)32(19-33(30)45-5)41-14-11-28(12-15-41)42-21-24(3)47-25(4)22-42/h1,7-10,17-20,23-25,28,31H,2,11-16,21-22H2,3-5H3,(H,40,44)(H,37,38,39)/t24-,25+,31?. The number of nitrogens with one attached hydrogen (secondary N) is 2. The summed E-state index contributed by atoms with van der Waals surface area (Å²) in [6.07, 6.45) is 11.7. The first kappa shape index (κ1) is 32.3. The summed E-state index contributed by atoms with van der Waals surface area (Å²) in [7, 11) is 1.64. The lowest BCUT2D eigenvalue weighted by molar-refractivity contribution is -0.111. The number of piperidine rings is 1. The third-order valence-corrected chi connectivity index (χ3v) is 9.01. The van der Waals surface area contributed by atoms with Crippen molar-refractivity contribution in [1.29, 1.82) is 0 Å².